The van der Waals surface area contributed by atoms with Crippen molar-refractivity contribution in [2.45, 2.75) is 56.5 Å². The van der Waals surface area contributed by atoms with E-state index >= 15 is 0 Å². The van der Waals surface area contributed by atoms with Gasteiger partial charge in [-0.1, -0.05) is 68.3 Å². The van der Waals surface area contributed by atoms with Gasteiger partial charge in [0.2, 0.25) is 5.91 Å². The van der Waals surface area contributed by atoms with Crippen molar-refractivity contribution in [2.24, 2.45) is 5.92 Å². The summed E-state index contributed by atoms with van der Waals surface area (Å²) in [6.07, 6.45) is 6.88. The molecule has 7 heteroatoms. The first-order valence-electron chi connectivity index (χ1n) is 11.9. The minimum Gasteiger partial charge on any atom is -0.480 e. The SMILES string of the molecule is C#CCC(NC(=O)C1(NC(=O)OCC2c3ccccc3-c3ccccc32)CCCC(C)C1)C(=O)O. The first kappa shape index (κ1) is 24.3. The molecule has 35 heavy (non-hydrogen) atoms. The van der Waals surface area contributed by atoms with E-state index in [1.54, 1.807) is 0 Å². The zero-order valence-corrected chi connectivity index (χ0v) is 19.8. The van der Waals surface area contributed by atoms with Crippen molar-refractivity contribution in [1.82, 2.24) is 10.6 Å². The minimum absolute atomic E-state index is 0.102. The predicted molar refractivity (Wildman–Crippen MR) is 132 cm³/mol. The van der Waals surface area contributed by atoms with E-state index in [2.05, 4.69) is 28.7 Å². The van der Waals surface area contributed by atoms with Crippen molar-refractivity contribution in [2.75, 3.05) is 6.61 Å². The number of carbonyl (C=O) groups is 3. The maximum atomic E-state index is 13.3. The fourth-order valence-electron chi connectivity index (χ4n) is 5.37. The molecule has 2 aromatic rings. The molecule has 2 amide bonds. The van der Waals surface area contributed by atoms with Crippen LogP contribution in [0.3, 0.4) is 0 Å². The smallest absolute Gasteiger partial charge is 0.408 e. The number of benzene rings is 2. The number of hydrogen-bond donors (Lipinski definition) is 3. The summed E-state index contributed by atoms with van der Waals surface area (Å²) in [6.45, 7) is 2.14. The van der Waals surface area contributed by atoms with Gasteiger partial charge in [0.05, 0.1) is 0 Å². The van der Waals surface area contributed by atoms with Gasteiger partial charge >= 0.3 is 12.1 Å². The highest BCUT2D eigenvalue weighted by Crippen LogP contribution is 2.44. The summed E-state index contributed by atoms with van der Waals surface area (Å²) in [5.74, 6) is 0.605. The lowest BCUT2D eigenvalue weighted by molar-refractivity contribution is -0.143. The van der Waals surface area contributed by atoms with Gasteiger partial charge in [0.1, 0.15) is 18.2 Å². The van der Waals surface area contributed by atoms with E-state index in [1.807, 2.05) is 43.3 Å². The summed E-state index contributed by atoms with van der Waals surface area (Å²) < 4.78 is 5.67. The first-order chi connectivity index (χ1) is 16.8. The molecule has 2 aromatic carbocycles. The molecule has 0 radical (unpaired) electrons. The fraction of sp³-hybridized carbons (Fsp3) is 0.393. The number of carboxylic acid groups (broad SMARTS) is 1. The molecule has 0 spiro atoms. The lowest BCUT2D eigenvalue weighted by atomic mass is 9.75. The number of rotatable bonds is 7. The second-order valence-corrected chi connectivity index (χ2v) is 9.51. The highest BCUT2D eigenvalue weighted by atomic mass is 16.5. The van der Waals surface area contributed by atoms with Crippen molar-refractivity contribution >= 4 is 18.0 Å². The Labute approximate surface area is 205 Å². The normalized spacial score (nSPS) is 21.7. The lowest BCUT2D eigenvalue weighted by Gasteiger charge is -2.39. The average Bonchev–Trinajstić information content (AvgIpc) is 3.16. The summed E-state index contributed by atoms with van der Waals surface area (Å²) in [7, 11) is 0. The Bertz CT molecular complexity index is 1120. The largest absolute Gasteiger partial charge is 0.480 e. The third-order valence-electron chi connectivity index (χ3n) is 7.04. The third-order valence-corrected chi connectivity index (χ3v) is 7.04. The van der Waals surface area contributed by atoms with Gasteiger partial charge in [-0.15, -0.1) is 12.3 Å². The van der Waals surface area contributed by atoms with E-state index in [-0.39, 0.29) is 24.9 Å². The van der Waals surface area contributed by atoms with Gasteiger partial charge in [0.15, 0.2) is 0 Å². The maximum absolute atomic E-state index is 13.3. The number of terminal acetylenes is 1. The molecule has 2 aliphatic rings. The quantitative estimate of drug-likeness (QED) is 0.525. The lowest BCUT2D eigenvalue weighted by Crippen LogP contribution is -2.62. The summed E-state index contributed by atoms with van der Waals surface area (Å²) in [5, 5.41) is 14.7. The van der Waals surface area contributed by atoms with Gasteiger partial charge in [0, 0.05) is 12.3 Å². The van der Waals surface area contributed by atoms with Crippen LogP contribution in [-0.4, -0.2) is 41.3 Å². The van der Waals surface area contributed by atoms with Crippen LogP contribution in [0.1, 0.15) is 56.1 Å². The van der Waals surface area contributed by atoms with Crippen LogP contribution in [0, 0.1) is 18.3 Å². The monoisotopic (exact) mass is 474 g/mol. The third kappa shape index (κ3) is 5.02. The van der Waals surface area contributed by atoms with Crippen LogP contribution in [0.2, 0.25) is 0 Å². The van der Waals surface area contributed by atoms with E-state index in [9.17, 15) is 19.5 Å². The van der Waals surface area contributed by atoms with E-state index in [0.717, 1.165) is 35.1 Å². The van der Waals surface area contributed by atoms with Gasteiger partial charge in [-0.2, -0.15) is 0 Å². The molecule has 0 bridgehead atoms. The highest BCUT2D eigenvalue weighted by Gasteiger charge is 2.45. The van der Waals surface area contributed by atoms with Crippen molar-refractivity contribution in [3.05, 3.63) is 59.7 Å². The van der Waals surface area contributed by atoms with Gasteiger partial charge < -0.3 is 20.5 Å². The van der Waals surface area contributed by atoms with E-state index in [4.69, 9.17) is 11.2 Å². The Kier molecular flexibility index (Phi) is 7.11. The number of amides is 2. The van der Waals surface area contributed by atoms with Gasteiger partial charge in [-0.3, -0.25) is 4.79 Å². The van der Waals surface area contributed by atoms with Crippen LogP contribution in [0.5, 0.6) is 0 Å². The fourth-order valence-corrected chi connectivity index (χ4v) is 5.37. The Morgan fingerprint density at radius 1 is 1.14 bits per heavy atom. The van der Waals surface area contributed by atoms with Crippen LogP contribution >= 0.6 is 0 Å². The molecule has 0 saturated heterocycles. The number of carbonyl (C=O) groups excluding carboxylic acids is 2. The van der Waals surface area contributed by atoms with Crippen LogP contribution in [-0.2, 0) is 14.3 Å². The maximum Gasteiger partial charge on any atom is 0.408 e. The van der Waals surface area contributed by atoms with Crippen molar-refractivity contribution < 1.29 is 24.2 Å². The molecule has 1 fully saturated rings. The van der Waals surface area contributed by atoms with Crippen LogP contribution in [0.4, 0.5) is 4.79 Å². The number of aliphatic carboxylic acids is 1. The minimum atomic E-state index is -1.25. The standard InChI is InChI=1S/C28H30N2O5/c1-3-9-24(25(31)32)29-26(33)28(15-8-10-18(2)16-28)30-27(34)35-17-23-21-13-6-4-11-19(21)20-12-5-7-14-22(20)23/h1,4-7,11-14,18,23-24H,8-10,15-17H2,2H3,(H,29,33)(H,30,34)(H,31,32). The van der Waals surface area contributed by atoms with Crippen LogP contribution in [0.15, 0.2) is 48.5 Å². The topological polar surface area (TPSA) is 105 Å². The molecule has 3 unspecified atom stereocenters. The molecule has 7 nitrogen and oxygen atoms in total. The van der Waals surface area contributed by atoms with Crippen molar-refractivity contribution in [3.63, 3.8) is 0 Å². The molecule has 2 aliphatic carbocycles. The Balaban J connectivity index is 1.49. The molecule has 0 aliphatic heterocycles. The molecule has 3 atom stereocenters. The predicted octanol–water partition coefficient (Wildman–Crippen LogP) is 4.07. The Hall–Kier alpha value is -3.79. The molecule has 4 rings (SSSR count). The molecule has 1 saturated carbocycles. The van der Waals surface area contributed by atoms with Gasteiger partial charge in [0.25, 0.3) is 0 Å². The number of nitrogens with one attached hydrogen (secondary N) is 2. The molecular weight excluding hydrogens is 444 g/mol. The van der Waals surface area contributed by atoms with Crippen molar-refractivity contribution in [1.29, 1.82) is 0 Å². The zero-order chi connectivity index (χ0) is 25.0. The first-order valence-corrected chi connectivity index (χ1v) is 11.9. The van der Waals surface area contributed by atoms with Crippen LogP contribution in [0.25, 0.3) is 11.1 Å². The second kappa shape index (κ2) is 10.2. The summed E-state index contributed by atoms with van der Waals surface area (Å²) in [6, 6.07) is 14.9. The van der Waals surface area contributed by atoms with Crippen molar-refractivity contribution in [3.8, 4) is 23.5 Å². The average molecular weight is 475 g/mol. The number of carboxylic acids is 1. The van der Waals surface area contributed by atoms with Crippen LogP contribution < -0.4 is 10.6 Å². The Morgan fingerprint density at radius 2 is 1.77 bits per heavy atom. The van der Waals surface area contributed by atoms with E-state index in [1.165, 1.54) is 0 Å². The number of ether oxygens (including phenoxy) is 1. The van der Waals surface area contributed by atoms with Gasteiger partial charge in [-0.25, -0.2) is 9.59 Å². The van der Waals surface area contributed by atoms with E-state index < -0.39 is 29.6 Å². The number of fused-ring (bicyclic) bond motifs is 3. The second-order valence-electron chi connectivity index (χ2n) is 9.51. The molecule has 3 N–H and O–H groups in total. The molecular formula is C28H30N2O5. The number of hydrogen-bond acceptors (Lipinski definition) is 4. The summed E-state index contributed by atoms with van der Waals surface area (Å²) in [5.41, 5.74) is 3.20. The summed E-state index contributed by atoms with van der Waals surface area (Å²) in [4.78, 5) is 37.8. The molecule has 0 heterocycles. The highest BCUT2D eigenvalue weighted by molar-refractivity contribution is 5.93. The molecule has 182 valence electrons. The van der Waals surface area contributed by atoms with E-state index in [0.29, 0.717) is 12.8 Å². The van der Waals surface area contributed by atoms with Gasteiger partial charge in [-0.05, 0) is 41.0 Å². The number of alkyl carbamates (subject to hydrolysis) is 1. The zero-order valence-electron chi connectivity index (χ0n) is 19.8. The Morgan fingerprint density at radius 3 is 2.34 bits per heavy atom. The summed E-state index contributed by atoms with van der Waals surface area (Å²) >= 11 is 0. The molecule has 0 aromatic heterocycles.